The first-order valence-electron chi connectivity index (χ1n) is 21.7. The molecule has 13 rings (SSSR count). The molecule has 64 heavy (non-hydrogen) atoms. The van der Waals surface area contributed by atoms with Crippen molar-refractivity contribution in [3.8, 4) is 79.4 Å². The van der Waals surface area contributed by atoms with E-state index >= 15 is 0 Å². The molecule has 5 nitrogen and oxygen atoms in total. The molecular weight excluding hydrogens is 803 g/mol. The summed E-state index contributed by atoms with van der Waals surface area (Å²) in [5.74, 6) is 4.55. The molecule has 0 atom stereocenters. The van der Waals surface area contributed by atoms with Gasteiger partial charge in [-0.05, 0) is 99.1 Å². The molecule has 8 aromatic carbocycles. The minimum Gasteiger partial charge on any atom is -0.449 e. The van der Waals surface area contributed by atoms with Gasteiger partial charge < -0.3 is 9.47 Å². The quantitative estimate of drug-likeness (QED) is 0.167. The van der Waals surface area contributed by atoms with Gasteiger partial charge in [0, 0.05) is 31.8 Å². The molecule has 0 N–H and O–H groups in total. The molecule has 0 unspecified atom stereocenters. The third-order valence-corrected chi connectivity index (χ3v) is 14.1. The summed E-state index contributed by atoms with van der Waals surface area (Å²) in [6, 6.07) is 66.0. The molecule has 302 valence electrons. The number of thiophene rings is 1. The van der Waals surface area contributed by atoms with Gasteiger partial charge in [-0.25, -0.2) is 15.0 Å². The highest BCUT2D eigenvalue weighted by atomic mass is 32.1. The zero-order chi connectivity index (χ0) is 42.2. The van der Waals surface area contributed by atoms with Gasteiger partial charge in [-0.15, -0.1) is 11.3 Å². The topological polar surface area (TPSA) is 57.1 Å². The molecule has 6 heteroatoms. The molecule has 0 fully saturated rings. The molecule has 2 aromatic heterocycles. The van der Waals surface area contributed by atoms with Crippen molar-refractivity contribution in [3.63, 3.8) is 0 Å². The summed E-state index contributed by atoms with van der Waals surface area (Å²) < 4.78 is 15.1. The minimum absolute atomic E-state index is 0.543. The van der Waals surface area contributed by atoms with Crippen LogP contribution in [0.3, 0.4) is 0 Å². The second-order valence-electron chi connectivity index (χ2n) is 16.6. The van der Waals surface area contributed by atoms with Crippen molar-refractivity contribution >= 4 is 27.5 Å². The second-order valence-corrected chi connectivity index (χ2v) is 17.6. The Morgan fingerprint density at radius 1 is 0.453 bits per heavy atom. The summed E-state index contributed by atoms with van der Waals surface area (Å²) in [6.07, 6.45) is 6.69. The zero-order valence-corrected chi connectivity index (χ0v) is 35.3. The Balaban J connectivity index is 0.908. The van der Waals surface area contributed by atoms with Crippen molar-refractivity contribution < 1.29 is 9.47 Å². The maximum absolute atomic E-state index is 6.98. The fourth-order valence-corrected chi connectivity index (χ4v) is 11.3. The summed E-state index contributed by atoms with van der Waals surface area (Å²) >= 11 is 1.84. The number of nitrogens with zero attached hydrogens (tertiary/aromatic N) is 3. The van der Waals surface area contributed by atoms with Gasteiger partial charge in [0.05, 0.1) is 5.41 Å². The SMILES string of the molecule is C1=Cc2sc3cc(-c4nc(-c5ccccc5)nc(-c5cccc(-c6cccc7c6Oc6cc8c(cc6O7)C(c6ccccc6)(c6ccccc6)c6ccccc6-8)c5)n4)ccc3c2CC1. The Morgan fingerprint density at radius 2 is 1.08 bits per heavy atom. The molecule has 0 saturated heterocycles. The number of benzene rings is 8. The monoisotopic (exact) mass is 839 g/mol. The lowest BCUT2D eigenvalue weighted by atomic mass is 9.67. The predicted octanol–water partition coefficient (Wildman–Crippen LogP) is 15.0. The van der Waals surface area contributed by atoms with Crippen LogP contribution in [0.5, 0.6) is 23.0 Å². The van der Waals surface area contributed by atoms with Crippen LogP contribution in [0.1, 0.15) is 39.1 Å². The van der Waals surface area contributed by atoms with Crippen LogP contribution in [0.15, 0.2) is 194 Å². The van der Waals surface area contributed by atoms with Crippen LogP contribution in [0.4, 0.5) is 0 Å². The van der Waals surface area contributed by atoms with Crippen molar-refractivity contribution in [2.75, 3.05) is 0 Å². The summed E-state index contributed by atoms with van der Waals surface area (Å²) in [4.78, 5) is 16.7. The average Bonchev–Trinajstić information content (AvgIpc) is 3.88. The van der Waals surface area contributed by atoms with Gasteiger partial charge in [-0.1, -0.05) is 164 Å². The number of para-hydroxylation sites is 1. The number of allylic oxidation sites excluding steroid dienone is 1. The van der Waals surface area contributed by atoms with Crippen LogP contribution in [-0.4, -0.2) is 15.0 Å². The average molecular weight is 840 g/mol. The van der Waals surface area contributed by atoms with Crippen LogP contribution >= 0.6 is 11.3 Å². The molecule has 10 aromatic rings. The van der Waals surface area contributed by atoms with Gasteiger partial charge in [0.25, 0.3) is 0 Å². The van der Waals surface area contributed by atoms with Gasteiger partial charge in [-0.2, -0.15) is 0 Å². The highest BCUT2D eigenvalue weighted by Gasteiger charge is 2.47. The molecule has 3 heterocycles. The summed E-state index contributed by atoms with van der Waals surface area (Å²) in [5, 5.41) is 1.32. The number of aromatic nitrogens is 3. The molecule has 1 aliphatic heterocycles. The van der Waals surface area contributed by atoms with E-state index in [-0.39, 0.29) is 0 Å². The first-order valence-corrected chi connectivity index (χ1v) is 22.5. The maximum Gasteiger partial charge on any atom is 0.177 e. The van der Waals surface area contributed by atoms with E-state index in [0.717, 1.165) is 46.2 Å². The molecule has 3 aliphatic rings. The van der Waals surface area contributed by atoms with E-state index in [1.54, 1.807) is 0 Å². The number of aryl methyl sites for hydroxylation is 1. The van der Waals surface area contributed by atoms with E-state index < -0.39 is 5.41 Å². The Labute approximate surface area is 374 Å². The smallest absolute Gasteiger partial charge is 0.177 e. The van der Waals surface area contributed by atoms with Crippen LogP contribution in [0, 0.1) is 0 Å². The Bertz CT molecular complexity index is 3470. The van der Waals surface area contributed by atoms with E-state index in [9.17, 15) is 0 Å². The number of rotatable bonds is 6. The van der Waals surface area contributed by atoms with E-state index in [1.165, 1.54) is 48.3 Å². The summed E-state index contributed by atoms with van der Waals surface area (Å²) in [7, 11) is 0. The normalized spacial score (nSPS) is 13.8. The Morgan fingerprint density at radius 3 is 1.86 bits per heavy atom. The zero-order valence-electron chi connectivity index (χ0n) is 34.5. The van der Waals surface area contributed by atoms with Crippen LogP contribution in [-0.2, 0) is 11.8 Å². The van der Waals surface area contributed by atoms with Crippen molar-refractivity contribution in [1.29, 1.82) is 0 Å². The molecule has 0 saturated carbocycles. The third kappa shape index (κ3) is 5.73. The highest BCUT2D eigenvalue weighted by molar-refractivity contribution is 7.20. The minimum atomic E-state index is -0.543. The highest BCUT2D eigenvalue weighted by Crippen LogP contribution is 2.60. The lowest BCUT2D eigenvalue weighted by Gasteiger charge is -2.34. The molecule has 2 aliphatic carbocycles. The van der Waals surface area contributed by atoms with E-state index in [2.05, 4.69) is 158 Å². The first-order chi connectivity index (χ1) is 31.7. The van der Waals surface area contributed by atoms with E-state index in [1.807, 2.05) is 53.8 Å². The number of hydrogen-bond acceptors (Lipinski definition) is 6. The van der Waals surface area contributed by atoms with Crippen molar-refractivity contribution in [1.82, 2.24) is 15.0 Å². The second kappa shape index (κ2) is 14.6. The van der Waals surface area contributed by atoms with E-state index in [0.29, 0.717) is 40.5 Å². The number of hydrogen-bond donors (Lipinski definition) is 0. The van der Waals surface area contributed by atoms with Crippen molar-refractivity contribution in [2.24, 2.45) is 0 Å². The first kappa shape index (κ1) is 36.7. The van der Waals surface area contributed by atoms with Crippen molar-refractivity contribution in [3.05, 3.63) is 227 Å². The number of ether oxygens (including phenoxy) is 2. The molecule has 0 spiro atoms. The van der Waals surface area contributed by atoms with Crippen LogP contribution in [0.25, 0.3) is 72.6 Å². The molecular formula is C58H37N3O2S. The van der Waals surface area contributed by atoms with Gasteiger partial charge in [0.2, 0.25) is 0 Å². The molecule has 0 bridgehead atoms. The van der Waals surface area contributed by atoms with Gasteiger partial charge >= 0.3 is 0 Å². The number of fused-ring (bicyclic) bond motifs is 8. The summed E-state index contributed by atoms with van der Waals surface area (Å²) in [5.41, 5.74) is 12.7. The molecule has 0 radical (unpaired) electrons. The fraction of sp³-hybridized carbons (Fsp3) is 0.0517. The predicted molar refractivity (Wildman–Crippen MR) is 258 cm³/mol. The largest absolute Gasteiger partial charge is 0.449 e. The summed E-state index contributed by atoms with van der Waals surface area (Å²) in [6.45, 7) is 0. The Kier molecular flexibility index (Phi) is 8.36. The maximum atomic E-state index is 6.98. The fourth-order valence-electron chi connectivity index (χ4n) is 10.1. The van der Waals surface area contributed by atoms with Gasteiger partial charge in [-0.3, -0.25) is 0 Å². The van der Waals surface area contributed by atoms with E-state index in [4.69, 9.17) is 24.4 Å². The standard InChI is InChI=1S/C58H37N3O2S/c1-4-16-36(17-5-1)55-59-56(61-57(60-55)39-30-31-45-44-25-11-13-29-52(44)64-53(45)33-39)38-19-14-18-37(32-38)42-26-15-28-49-54(42)63-50-34-46-43-24-10-12-27-47(43)58(40-20-6-2-7-21-40,41-22-8-3-9-23-41)48(46)35-51(50)62-49/h1-10,12-24,26-35H,11,25H2. The van der Waals surface area contributed by atoms with Gasteiger partial charge in [0.1, 0.15) is 0 Å². The van der Waals surface area contributed by atoms with Crippen LogP contribution < -0.4 is 9.47 Å². The lowest BCUT2D eigenvalue weighted by Crippen LogP contribution is -2.28. The van der Waals surface area contributed by atoms with Crippen molar-refractivity contribution in [2.45, 2.75) is 18.3 Å². The Hall–Kier alpha value is -7.93. The third-order valence-electron chi connectivity index (χ3n) is 12.9. The lowest BCUT2D eigenvalue weighted by molar-refractivity contribution is 0.360. The van der Waals surface area contributed by atoms with Crippen LogP contribution in [0.2, 0.25) is 0 Å². The molecule has 0 amide bonds. The van der Waals surface area contributed by atoms with Gasteiger partial charge in [0.15, 0.2) is 40.5 Å².